The lowest BCUT2D eigenvalue weighted by molar-refractivity contribution is -0.121. The second kappa shape index (κ2) is 8.31. The van der Waals surface area contributed by atoms with Crippen LogP contribution in [0.1, 0.15) is 18.2 Å². The van der Waals surface area contributed by atoms with E-state index in [9.17, 15) is 4.79 Å². The number of hydrogen-bond donors (Lipinski definition) is 0. The number of carbonyl (C=O) groups is 1. The summed E-state index contributed by atoms with van der Waals surface area (Å²) in [4.78, 5) is 19.4. The van der Waals surface area contributed by atoms with Crippen molar-refractivity contribution in [3.63, 3.8) is 0 Å². The first-order valence-corrected chi connectivity index (χ1v) is 10.4. The van der Waals surface area contributed by atoms with Crippen molar-refractivity contribution in [2.24, 2.45) is 4.99 Å². The molecule has 4 rings (SSSR count). The summed E-state index contributed by atoms with van der Waals surface area (Å²) in [5.41, 5.74) is 3.01. The number of hydrogen-bond acceptors (Lipinski definition) is 4. The maximum Gasteiger partial charge on any atom is 0.266 e. The van der Waals surface area contributed by atoms with Gasteiger partial charge in [0, 0.05) is 23.7 Å². The Morgan fingerprint density at radius 3 is 2.48 bits per heavy atom. The second-order valence-electron chi connectivity index (χ2n) is 6.60. The average Bonchev–Trinajstić information content (AvgIpc) is 3.30. The van der Waals surface area contributed by atoms with Gasteiger partial charge in [0.2, 0.25) is 0 Å². The van der Waals surface area contributed by atoms with E-state index in [1.165, 1.54) is 17.3 Å². The number of halogens is 1. The van der Waals surface area contributed by atoms with Crippen molar-refractivity contribution >= 4 is 46.2 Å². The molecule has 0 atom stereocenters. The van der Waals surface area contributed by atoms with Gasteiger partial charge in [0.25, 0.3) is 5.91 Å². The van der Waals surface area contributed by atoms with Crippen molar-refractivity contribution < 1.29 is 9.21 Å². The number of amides is 1. The van der Waals surface area contributed by atoms with Crippen LogP contribution in [0.2, 0.25) is 5.02 Å². The Kier molecular flexibility index (Phi) is 5.60. The van der Waals surface area contributed by atoms with E-state index in [-0.39, 0.29) is 5.91 Å². The Balaban J connectivity index is 1.56. The van der Waals surface area contributed by atoms with Crippen LogP contribution in [0.4, 0.5) is 5.69 Å². The van der Waals surface area contributed by atoms with Crippen LogP contribution in [0, 0.1) is 0 Å². The van der Waals surface area contributed by atoms with Crippen LogP contribution in [0.15, 0.2) is 75.0 Å². The fourth-order valence-electron chi connectivity index (χ4n) is 2.90. The molecule has 3 aromatic rings. The van der Waals surface area contributed by atoms with E-state index in [1.54, 1.807) is 18.0 Å². The molecule has 0 N–H and O–H groups in total. The van der Waals surface area contributed by atoms with Crippen molar-refractivity contribution in [2.45, 2.75) is 13.3 Å². The van der Waals surface area contributed by atoms with Gasteiger partial charge in [-0.15, -0.1) is 0 Å². The largest absolute Gasteiger partial charge is 0.457 e. The number of rotatable bonds is 4. The van der Waals surface area contributed by atoms with Crippen LogP contribution in [0.3, 0.4) is 0 Å². The van der Waals surface area contributed by atoms with Gasteiger partial charge < -0.3 is 4.42 Å². The summed E-state index contributed by atoms with van der Waals surface area (Å²) in [6.07, 6.45) is 2.74. The molecule has 0 bridgehead atoms. The van der Waals surface area contributed by atoms with Crippen LogP contribution >= 0.6 is 23.4 Å². The lowest BCUT2D eigenvalue weighted by atomic mass is 10.2. The molecule has 0 radical (unpaired) electrons. The Morgan fingerprint density at radius 1 is 1.07 bits per heavy atom. The van der Waals surface area contributed by atoms with Crippen molar-refractivity contribution in [3.8, 4) is 11.3 Å². The quantitative estimate of drug-likeness (QED) is 0.457. The van der Waals surface area contributed by atoms with E-state index in [0.717, 1.165) is 23.4 Å². The van der Waals surface area contributed by atoms with Gasteiger partial charge in [-0.2, -0.15) is 0 Å². The summed E-state index contributed by atoms with van der Waals surface area (Å²) < 4.78 is 5.89. The van der Waals surface area contributed by atoms with E-state index in [0.29, 0.717) is 20.9 Å². The molecule has 1 aromatic heterocycles. The number of likely N-dealkylation sites (N-methyl/N-ethyl adjacent to an activating group) is 1. The highest BCUT2D eigenvalue weighted by Crippen LogP contribution is 2.34. The van der Waals surface area contributed by atoms with Gasteiger partial charge in [-0.25, -0.2) is 4.99 Å². The molecule has 0 saturated carbocycles. The number of nitrogens with zero attached hydrogens (tertiary/aromatic N) is 2. The second-order valence-corrected chi connectivity index (χ2v) is 8.04. The summed E-state index contributed by atoms with van der Waals surface area (Å²) in [6, 6.07) is 19.2. The van der Waals surface area contributed by atoms with Crippen LogP contribution < -0.4 is 0 Å². The maximum atomic E-state index is 12.6. The summed E-state index contributed by atoms with van der Waals surface area (Å²) >= 11 is 7.28. The lowest BCUT2D eigenvalue weighted by Gasteiger charge is -2.07. The molecular weight excluding hydrogens is 404 g/mol. The van der Waals surface area contributed by atoms with Gasteiger partial charge >= 0.3 is 0 Å². The van der Waals surface area contributed by atoms with E-state index >= 15 is 0 Å². The summed E-state index contributed by atoms with van der Waals surface area (Å²) in [5.74, 6) is 1.25. The Morgan fingerprint density at radius 2 is 1.79 bits per heavy atom. The average molecular weight is 423 g/mol. The van der Waals surface area contributed by atoms with Gasteiger partial charge in [-0.1, -0.05) is 30.7 Å². The molecule has 29 heavy (non-hydrogen) atoms. The highest BCUT2D eigenvalue weighted by atomic mass is 35.5. The molecule has 2 aromatic carbocycles. The van der Waals surface area contributed by atoms with Gasteiger partial charge in [0.15, 0.2) is 5.17 Å². The third-order valence-corrected chi connectivity index (χ3v) is 5.91. The number of furan rings is 1. The van der Waals surface area contributed by atoms with Gasteiger partial charge in [0.1, 0.15) is 11.5 Å². The zero-order valence-corrected chi connectivity index (χ0v) is 17.6. The Labute approximate surface area is 178 Å². The SMILES string of the molecule is CCc1ccc(N=C2S/C(=C\c3ccc(-c4ccc(Cl)cc4)o3)C(=O)N2C)cc1. The van der Waals surface area contributed by atoms with Gasteiger partial charge in [-0.3, -0.25) is 9.69 Å². The minimum Gasteiger partial charge on any atom is -0.457 e. The highest BCUT2D eigenvalue weighted by molar-refractivity contribution is 8.18. The summed E-state index contributed by atoms with van der Waals surface area (Å²) in [6.45, 7) is 2.12. The molecule has 6 heteroatoms. The molecule has 0 spiro atoms. The molecule has 2 heterocycles. The molecule has 146 valence electrons. The van der Waals surface area contributed by atoms with E-state index in [1.807, 2.05) is 48.5 Å². The van der Waals surface area contributed by atoms with Crippen molar-refractivity contribution in [3.05, 3.63) is 81.9 Å². The third kappa shape index (κ3) is 4.31. The minimum absolute atomic E-state index is 0.0941. The zero-order valence-electron chi connectivity index (χ0n) is 16.1. The first kappa shape index (κ1) is 19.6. The van der Waals surface area contributed by atoms with Crippen LogP contribution in [0.5, 0.6) is 0 Å². The fourth-order valence-corrected chi connectivity index (χ4v) is 3.99. The topological polar surface area (TPSA) is 45.8 Å². The molecule has 0 unspecified atom stereocenters. The number of benzene rings is 2. The zero-order chi connectivity index (χ0) is 20.4. The standard InChI is InChI=1S/C23H19ClN2O2S/c1-3-15-4-10-18(11-5-15)25-23-26(2)22(27)21(29-23)14-19-12-13-20(28-19)16-6-8-17(24)9-7-16/h4-14H,3H2,1-2H3/b21-14-,25-23?. The van der Waals surface area contributed by atoms with Crippen molar-refractivity contribution in [1.82, 2.24) is 4.90 Å². The van der Waals surface area contributed by atoms with Crippen molar-refractivity contribution in [1.29, 1.82) is 0 Å². The minimum atomic E-state index is -0.0941. The van der Waals surface area contributed by atoms with E-state index in [4.69, 9.17) is 16.0 Å². The third-order valence-electron chi connectivity index (χ3n) is 4.60. The monoisotopic (exact) mass is 422 g/mol. The Bertz CT molecular complexity index is 1100. The lowest BCUT2D eigenvalue weighted by Crippen LogP contribution is -2.23. The summed E-state index contributed by atoms with van der Waals surface area (Å²) in [7, 11) is 1.73. The number of thioether (sulfide) groups is 1. The predicted molar refractivity (Wildman–Crippen MR) is 120 cm³/mol. The van der Waals surface area contributed by atoms with Gasteiger partial charge in [-0.05, 0) is 72.3 Å². The number of carbonyl (C=O) groups excluding carboxylic acids is 1. The Hall–Kier alpha value is -2.76. The maximum absolute atomic E-state index is 12.6. The van der Waals surface area contributed by atoms with E-state index in [2.05, 4.69) is 24.0 Å². The molecule has 1 saturated heterocycles. The van der Waals surface area contributed by atoms with Crippen LogP contribution in [-0.4, -0.2) is 23.0 Å². The first-order valence-electron chi connectivity index (χ1n) is 9.24. The molecule has 1 aliphatic rings. The van der Waals surface area contributed by atoms with Crippen LogP contribution in [0.25, 0.3) is 17.4 Å². The first-order chi connectivity index (χ1) is 14.0. The molecule has 0 aliphatic carbocycles. The number of aliphatic imine (C=N–C) groups is 1. The molecule has 4 nitrogen and oxygen atoms in total. The predicted octanol–water partition coefficient (Wildman–Crippen LogP) is 6.40. The number of amidine groups is 1. The van der Waals surface area contributed by atoms with Crippen LogP contribution in [-0.2, 0) is 11.2 Å². The molecular formula is C23H19ClN2O2S. The molecule has 1 aliphatic heterocycles. The molecule has 1 fully saturated rings. The highest BCUT2D eigenvalue weighted by Gasteiger charge is 2.30. The van der Waals surface area contributed by atoms with E-state index < -0.39 is 0 Å². The fraction of sp³-hybridized carbons (Fsp3) is 0.130. The molecule has 1 amide bonds. The number of aryl methyl sites for hydroxylation is 1. The summed E-state index contributed by atoms with van der Waals surface area (Å²) in [5, 5.41) is 1.32. The van der Waals surface area contributed by atoms with Crippen molar-refractivity contribution in [2.75, 3.05) is 7.05 Å². The smallest absolute Gasteiger partial charge is 0.266 e. The van der Waals surface area contributed by atoms with Gasteiger partial charge in [0.05, 0.1) is 10.6 Å². The normalized spacial score (nSPS) is 16.9.